The summed E-state index contributed by atoms with van der Waals surface area (Å²) in [6.45, 7) is 0. The van der Waals surface area contributed by atoms with E-state index in [9.17, 15) is 0 Å². The van der Waals surface area contributed by atoms with E-state index >= 15 is 0 Å². The number of rotatable bonds is 2. The van der Waals surface area contributed by atoms with Crippen LogP contribution in [0.4, 0.5) is 0 Å². The van der Waals surface area contributed by atoms with Crippen molar-refractivity contribution in [3.63, 3.8) is 0 Å². The molecule has 0 saturated carbocycles. The summed E-state index contributed by atoms with van der Waals surface area (Å²) in [4.78, 5) is 4.74. The van der Waals surface area contributed by atoms with Crippen LogP contribution in [-0.2, 0) is 12.8 Å². The third-order valence-corrected chi connectivity index (χ3v) is 9.40. The molecule has 0 amide bonds. The molecule has 1 aliphatic rings. The Labute approximate surface area is 140 Å². The second kappa shape index (κ2) is 5.68. The van der Waals surface area contributed by atoms with Crippen LogP contribution >= 0.6 is 70.5 Å². The molecular formula is C13H11Br3S2. The first-order chi connectivity index (χ1) is 8.65. The minimum atomic E-state index is 0.334. The van der Waals surface area contributed by atoms with Gasteiger partial charge in [-0.15, -0.1) is 22.7 Å². The zero-order chi connectivity index (χ0) is 12.7. The Morgan fingerprint density at radius 2 is 1.72 bits per heavy atom. The molecule has 2 aromatic heterocycles. The lowest BCUT2D eigenvalue weighted by Crippen LogP contribution is -1.96. The maximum Gasteiger partial charge on any atom is 0.0843 e. The fourth-order valence-corrected chi connectivity index (χ4v) is 6.51. The average molecular weight is 471 g/mol. The van der Waals surface area contributed by atoms with Crippen molar-refractivity contribution in [1.29, 1.82) is 0 Å². The summed E-state index contributed by atoms with van der Waals surface area (Å²) >= 11 is 14.8. The third kappa shape index (κ3) is 2.66. The predicted octanol–water partition coefficient (Wildman–Crippen LogP) is 6.70. The van der Waals surface area contributed by atoms with Gasteiger partial charge in [0, 0.05) is 19.1 Å². The average Bonchev–Trinajstić information content (AvgIpc) is 2.93. The number of hydrogen-bond acceptors (Lipinski definition) is 2. The maximum absolute atomic E-state index is 3.85. The van der Waals surface area contributed by atoms with Gasteiger partial charge in [-0.05, 0) is 75.2 Å². The van der Waals surface area contributed by atoms with Crippen LogP contribution in [0.15, 0.2) is 20.4 Å². The second-order valence-corrected chi connectivity index (χ2v) is 9.78. The molecule has 2 aromatic rings. The van der Waals surface area contributed by atoms with Gasteiger partial charge in [0.1, 0.15) is 0 Å². The highest BCUT2D eigenvalue weighted by Crippen LogP contribution is 2.44. The zero-order valence-electron chi connectivity index (χ0n) is 9.51. The van der Waals surface area contributed by atoms with Gasteiger partial charge >= 0.3 is 0 Å². The number of thiophene rings is 2. The molecular weight excluding hydrogens is 460 g/mol. The van der Waals surface area contributed by atoms with Gasteiger partial charge in [-0.1, -0.05) is 15.9 Å². The van der Waals surface area contributed by atoms with Gasteiger partial charge in [0.05, 0.1) is 8.61 Å². The van der Waals surface area contributed by atoms with Crippen molar-refractivity contribution in [2.45, 2.75) is 30.5 Å². The Hall–Kier alpha value is 0.840. The summed E-state index contributed by atoms with van der Waals surface area (Å²) in [7, 11) is 0. The van der Waals surface area contributed by atoms with E-state index in [4.69, 9.17) is 0 Å². The Bertz CT molecular complexity index is 528. The minimum absolute atomic E-state index is 0.334. The third-order valence-electron chi connectivity index (χ3n) is 3.18. The lowest BCUT2D eigenvalue weighted by atomic mass is 9.99. The summed E-state index contributed by atoms with van der Waals surface area (Å²) in [6.07, 6.45) is 5.25. The lowest BCUT2D eigenvalue weighted by Gasteiger charge is -2.08. The van der Waals surface area contributed by atoms with Crippen molar-refractivity contribution in [3.8, 4) is 0 Å². The molecule has 0 aliphatic heterocycles. The Morgan fingerprint density at radius 3 is 2.39 bits per heavy atom. The lowest BCUT2D eigenvalue weighted by molar-refractivity contribution is 0.697. The molecule has 1 unspecified atom stereocenters. The van der Waals surface area contributed by atoms with Crippen molar-refractivity contribution < 1.29 is 0 Å². The van der Waals surface area contributed by atoms with Gasteiger partial charge in [0.25, 0.3) is 0 Å². The normalized spacial score (nSPS) is 16.6. The molecule has 0 radical (unpaired) electrons. The van der Waals surface area contributed by atoms with Crippen LogP contribution in [0.2, 0.25) is 0 Å². The predicted molar refractivity (Wildman–Crippen MR) is 91.5 cm³/mol. The number of fused-ring (bicyclic) bond motifs is 1. The van der Waals surface area contributed by atoms with Gasteiger partial charge in [-0.3, -0.25) is 0 Å². The highest BCUT2D eigenvalue weighted by molar-refractivity contribution is 9.13. The Balaban J connectivity index is 1.92. The van der Waals surface area contributed by atoms with E-state index in [-0.39, 0.29) is 0 Å². The van der Waals surface area contributed by atoms with Gasteiger partial charge in [-0.2, -0.15) is 0 Å². The van der Waals surface area contributed by atoms with Crippen LogP contribution in [0, 0.1) is 0 Å². The van der Waals surface area contributed by atoms with E-state index < -0.39 is 0 Å². The molecule has 96 valence electrons. The van der Waals surface area contributed by atoms with Crippen molar-refractivity contribution >= 4 is 70.5 Å². The molecule has 1 aliphatic carbocycles. The molecule has 2 heterocycles. The molecule has 0 spiro atoms. The summed E-state index contributed by atoms with van der Waals surface area (Å²) in [5.41, 5.74) is 1.58. The van der Waals surface area contributed by atoms with Crippen LogP contribution in [0.25, 0.3) is 0 Å². The van der Waals surface area contributed by atoms with E-state index in [2.05, 4.69) is 59.9 Å². The Morgan fingerprint density at radius 1 is 1.00 bits per heavy atom. The molecule has 0 nitrogen and oxygen atoms in total. The fraction of sp³-hybridized carbons (Fsp3) is 0.385. The SMILES string of the molecule is Brc1cc(C(Br)c2cc3c(s2)CCCC3)sc1Br. The molecule has 3 rings (SSSR count). The fourth-order valence-electron chi connectivity index (χ4n) is 2.27. The molecule has 1 atom stereocenters. The number of aryl methyl sites for hydroxylation is 2. The smallest absolute Gasteiger partial charge is 0.0843 e. The van der Waals surface area contributed by atoms with Crippen molar-refractivity contribution in [2.75, 3.05) is 0 Å². The van der Waals surface area contributed by atoms with Crippen LogP contribution in [0.1, 0.15) is 37.9 Å². The molecule has 0 fully saturated rings. The van der Waals surface area contributed by atoms with Crippen LogP contribution < -0.4 is 0 Å². The van der Waals surface area contributed by atoms with Crippen molar-refractivity contribution in [1.82, 2.24) is 0 Å². The summed E-state index contributed by atoms with van der Waals surface area (Å²) in [5, 5.41) is 0. The van der Waals surface area contributed by atoms with Gasteiger partial charge in [0.15, 0.2) is 0 Å². The van der Waals surface area contributed by atoms with E-state index in [0.717, 1.165) is 4.47 Å². The maximum atomic E-state index is 3.85. The van der Waals surface area contributed by atoms with Crippen LogP contribution in [-0.4, -0.2) is 0 Å². The summed E-state index contributed by atoms with van der Waals surface area (Å²) < 4.78 is 2.32. The number of hydrogen-bond donors (Lipinski definition) is 0. The van der Waals surface area contributed by atoms with Crippen molar-refractivity contribution in [3.05, 3.63) is 40.6 Å². The highest BCUT2D eigenvalue weighted by atomic mass is 79.9. The van der Waals surface area contributed by atoms with Crippen LogP contribution in [0.5, 0.6) is 0 Å². The molecule has 0 N–H and O–H groups in total. The first-order valence-corrected chi connectivity index (χ1v) is 9.99. The topological polar surface area (TPSA) is 0 Å². The van der Waals surface area contributed by atoms with Gasteiger partial charge in [-0.25, -0.2) is 0 Å². The van der Waals surface area contributed by atoms with Crippen molar-refractivity contribution in [2.24, 2.45) is 0 Å². The van der Waals surface area contributed by atoms with E-state index in [1.165, 1.54) is 39.2 Å². The number of alkyl halides is 1. The molecule has 18 heavy (non-hydrogen) atoms. The van der Waals surface area contributed by atoms with Crippen LogP contribution in [0.3, 0.4) is 0 Å². The molecule has 0 bridgehead atoms. The molecule has 0 aromatic carbocycles. The second-order valence-electron chi connectivity index (χ2n) is 4.44. The largest absolute Gasteiger partial charge is 0.144 e. The zero-order valence-corrected chi connectivity index (χ0v) is 15.9. The first-order valence-electron chi connectivity index (χ1n) is 5.85. The Kier molecular flexibility index (Phi) is 4.36. The van der Waals surface area contributed by atoms with E-state index in [1.807, 2.05) is 11.3 Å². The van der Waals surface area contributed by atoms with Gasteiger partial charge in [0.2, 0.25) is 0 Å². The number of halogens is 3. The summed E-state index contributed by atoms with van der Waals surface area (Å²) in [5.74, 6) is 0. The standard InChI is InChI=1S/C13H11Br3S2/c14-8-6-11(18-13(8)16)12(15)10-5-7-3-1-2-4-9(7)17-10/h5-6,12H,1-4H2. The highest BCUT2D eigenvalue weighted by Gasteiger charge is 2.20. The van der Waals surface area contributed by atoms with Gasteiger partial charge < -0.3 is 0 Å². The molecule has 5 heteroatoms. The monoisotopic (exact) mass is 468 g/mol. The first kappa shape index (κ1) is 13.8. The summed E-state index contributed by atoms with van der Waals surface area (Å²) in [6, 6.07) is 4.60. The quantitative estimate of drug-likeness (QED) is 0.428. The minimum Gasteiger partial charge on any atom is -0.144 e. The van der Waals surface area contributed by atoms with E-state index in [0.29, 0.717) is 4.83 Å². The molecule has 0 saturated heterocycles. The van der Waals surface area contributed by atoms with E-state index in [1.54, 1.807) is 21.8 Å².